The van der Waals surface area contributed by atoms with Gasteiger partial charge in [-0.25, -0.2) is 4.98 Å². The Balaban J connectivity index is 2.08. The molecule has 0 saturated heterocycles. The fourth-order valence-corrected chi connectivity index (χ4v) is 2.95. The minimum atomic E-state index is 0.304. The molecule has 0 saturated carbocycles. The Labute approximate surface area is 118 Å². The number of aromatic nitrogens is 1. The van der Waals surface area contributed by atoms with Crippen molar-refractivity contribution in [3.05, 3.63) is 48.4 Å². The Hall–Kier alpha value is -1.26. The van der Waals surface area contributed by atoms with Gasteiger partial charge in [-0.1, -0.05) is 55.9 Å². The van der Waals surface area contributed by atoms with E-state index < -0.39 is 0 Å². The van der Waals surface area contributed by atoms with Gasteiger partial charge in [0.1, 0.15) is 6.26 Å². The first-order valence-electron chi connectivity index (χ1n) is 6.65. The number of nitrogens with zero attached hydrogens (tertiary/aromatic N) is 1. The maximum Gasteiger partial charge on any atom is 0.255 e. The van der Waals surface area contributed by atoms with Crippen molar-refractivity contribution in [2.75, 3.05) is 6.54 Å². The molecule has 0 aliphatic heterocycles. The molecule has 1 aromatic carbocycles. The Morgan fingerprint density at radius 3 is 2.74 bits per heavy atom. The van der Waals surface area contributed by atoms with E-state index in [0.717, 1.165) is 18.2 Å². The van der Waals surface area contributed by atoms with Gasteiger partial charge in [-0.3, -0.25) is 0 Å². The summed E-state index contributed by atoms with van der Waals surface area (Å²) in [6.07, 6.45) is 4.43. The highest BCUT2D eigenvalue weighted by Gasteiger charge is 2.20. The average molecular weight is 276 g/mol. The molecule has 102 valence electrons. The first-order valence-corrected chi connectivity index (χ1v) is 7.53. The third-order valence-electron chi connectivity index (χ3n) is 2.94. The second kappa shape index (κ2) is 7.36. The molecule has 1 heterocycles. The molecule has 1 aromatic heterocycles. The van der Waals surface area contributed by atoms with Crippen LogP contribution in [-0.2, 0) is 0 Å². The van der Waals surface area contributed by atoms with Crippen molar-refractivity contribution in [2.24, 2.45) is 0 Å². The number of hydrogen-bond acceptors (Lipinski definition) is 4. The van der Waals surface area contributed by atoms with Crippen LogP contribution in [0.25, 0.3) is 0 Å². The van der Waals surface area contributed by atoms with Crippen LogP contribution in [0.4, 0.5) is 0 Å². The van der Waals surface area contributed by atoms with E-state index in [0.29, 0.717) is 11.3 Å². The lowest BCUT2D eigenvalue weighted by molar-refractivity contribution is 0.449. The van der Waals surface area contributed by atoms with Gasteiger partial charge in [0.05, 0.1) is 6.20 Å². The van der Waals surface area contributed by atoms with Crippen molar-refractivity contribution in [3.63, 3.8) is 0 Å². The fourth-order valence-electron chi connectivity index (χ4n) is 2.01. The molecule has 2 unspecified atom stereocenters. The molecule has 0 fully saturated rings. The van der Waals surface area contributed by atoms with Crippen molar-refractivity contribution in [3.8, 4) is 0 Å². The summed E-state index contributed by atoms with van der Waals surface area (Å²) in [6.45, 7) is 5.40. The van der Waals surface area contributed by atoms with Crippen molar-refractivity contribution in [1.82, 2.24) is 10.3 Å². The highest BCUT2D eigenvalue weighted by Crippen LogP contribution is 2.31. The zero-order valence-electron chi connectivity index (χ0n) is 11.4. The van der Waals surface area contributed by atoms with Crippen LogP contribution in [-0.4, -0.2) is 16.8 Å². The first-order chi connectivity index (χ1) is 9.31. The van der Waals surface area contributed by atoms with Gasteiger partial charge in [0.25, 0.3) is 5.22 Å². The molecule has 1 N–H and O–H groups in total. The molecule has 2 aromatic rings. The molecular weight excluding hydrogens is 256 g/mol. The van der Waals surface area contributed by atoms with Gasteiger partial charge in [0.15, 0.2) is 0 Å². The van der Waals surface area contributed by atoms with Crippen LogP contribution in [0.5, 0.6) is 0 Å². The Morgan fingerprint density at radius 1 is 1.32 bits per heavy atom. The van der Waals surface area contributed by atoms with Gasteiger partial charge in [-0.2, -0.15) is 0 Å². The standard InChI is InChI=1S/C15H20N2OS/c1-3-9-16-14(13-7-5-4-6-8-13)12(2)19-15-17-10-11-18-15/h4-8,10-12,14,16H,3,9H2,1-2H3. The summed E-state index contributed by atoms with van der Waals surface area (Å²) in [5.41, 5.74) is 1.31. The van der Waals surface area contributed by atoms with E-state index in [1.54, 1.807) is 24.2 Å². The molecule has 4 heteroatoms. The number of oxazole rings is 1. The van der Waals surface area contributed by atoms with Crippen molar-refractivity contribution in [1.29, 1.82) is 0 Å². The highest BCUT2D eigenvalue weighted by molar-refractivity contribution is 7.99. The molecule has 2 rings (SSSR count). The van der Waals surface area contributed by atoms with E-state index in [1.807, 2.05) is 6.07 Å². The second-order valence-corrected chi connectivity index (χ2v) is 5.79. The quantitative estimate of drug-likeness (QED) is 0.778. The predicted molar refractivity (Wildman–Crippen MR) is 79.3 cm³/mol. The third kappa shape index (κ3) is 4.11. The molecular formula is C15H20N2OS. The normalized spacial score (nSPS) is 14.2. The molecule has 0 aliphatic carbocycles. The van der Waals surface area contributed by atoms with Crippen LogP contribution in [0.2, 0.25) is 0 Å². The summed E-state index contributed by atoms with van der Waals surface area (Å²) in [6, 6.07) is 10.8. The minimum Gasteiger partial charge on any atom is -0.440 e. The van der Waals surface area contributed by atoms with Crippen LogP contribution in [0.15, 0.2) is 52.4 Å². The number of nitrogens with one attached hydrogen (secondary N) is 1. The Morgan fingerprint density at radius 2 is 2.11 bits per heavy atom. The van der Waals surface area contributed by atoms with Crippen LogP contribution < -0.4 is 5.32 Å². The van der Waals surface area contributed by atoms with Crippen LogP contribution in [0.3, 0.4) is 0 Å². The molecule has 3 nitrogen and oxygen atoms in total. The maximum absolute atomic E-state index is 5.32. The number of benzene rings is 1. The van der Waals surface area contributed by atoms with E-state index in [4.69, 9.17) is 4.42 Å². The van der Waals surface area contributed by atoms with Crippen LogP contribution >= 0.6 is 11.8 Å². The Kier molecular flexibility index (Phi) is 5.48. The summed E-state index contributed by atoms with van der Waals surface area (Å²) < 4.78 is 5.32. The lowest BCUT2D eigenvalue weighted by Gasteiger charge is -2.24. The lowest BCUT2D eigenvalue weighted by Crippen LogP contribution is -2.29. The fraction of sp³-hybridized carbons (Fsp3) is 0.400. The molecule has 2 atom stereocenters. The second-order valence-electron chi connectivity index (χ2n) is 4.46. The maximum atomic E-state index is 5.32. The summed E-state index contributed by atoms with van der Waals surface area (Å²) in [5, 5.41) is 4.69. The van der Waals surface area contributed by atoms with Gasteiger partial charge < -0.3 is 9.73 Å². The lowest BCUT2D eigenvalue weighted by atomic mass is 10.0. The summed E-state index contributed by atoms with van der Waals surface area (Å²) >= 11 is 1.66. The minimum absolute atomic E-state index is 0.304. The van der Waals surface area contributed by atoms with E-state index in [2.05, 4.69) is 48.4 Å². The third-order valence-corrected chi connectivity index (χ3v) is 3.99. The number of hydrogen-bond donors (Lipinski definition) is 1. The molecule has 0 aliphatic rings. The molecule has 19 heavy (non-hydrogen) atoms. The summed E-state index contributed by atoms with van der Waals surface area (Å²) in [7, 11) is 0. The number of thioether (sulfide) groups is 1. The first kappa shape index (κ1) is 14.2. The summed E-state index contributed by atoms with van der Waals surface area (Å²) in [4.78, 5) is 4.18. The Bertz CT molecular complexity index is 458. The van der Waals surface area contributed by atoms with Crippen LogP contribution in [0.1, 0.15) is 31.9 Å². The average Bonchev–Trinajstić information content (AvgIpc) is 2.93. The zero-order chi connectivity index (χ0) is 13.5. The monoisotopic (exact) mass is 276 g/mol. The van der Waals surface area contributed by atoms with E-state index in [1.165, 1.54) is 5.56 Å². The van der Waals surface area contributed by atoms with E-state index >= 15 is 0 Å². The van der Waals surface area contributed by atoms with Crippen molar-refractivity contribution < 1.29 is 4.42 Å². The highest BCUT2D eigenvalue weighted by atomic mass is 32.2. The SMILES string of the molecule is CCCNC(c1ccccc1)C(C)Sc1ncco1. The van der Waals surface area contributed by atoms with Gasteiger partial charge >= 0.3 is 0 Å². The van der Waals surface area contributed by atoms with Gasteiger partial charge in [-0.15, -0.1) is 0 Å². The molecule has 0 radical (unpaired) electrons. The van der Waals surface area contributed by atoms with Crippen LogP contribution in [0, 0.1) is 0 Å². The van der Waals surface area contributed by atoms with Gasteiger partial charge in [-0.05, 0) is 18.5 Å². The van der Waals surface area contributed by atoms with Gasteiger partial charge in [0, 0.05) is 11.3 Å². The van der Waals surface area contributed by atoms with Crippen molar-refractivity contribution in [2.45, 2.75) is 36.8 Å². The zero-order valence-corrected chi connectivity index (χ0v) is 12.2. The van der Waals surface area contributed by atoms with E-state index in [-0.39, 0.29) is 0 Å². The van der Waals surface area contributed by atoms with Crippen molar-refractivity contribution >= 4 is 11.8 Å². The molecule has 0 spiro atoms. The van der Waals surface area contributed by atoms with Gasteiger partial charge in [0.2, 0.25) is 0 Å². The molecule has 0 amide bonds. The smallest absolute Gasteiger partial charge is 0.255 e. The molecule has 0 bridgehead atoms. The number of rotatable bonds is 7. The summed E-state index contributed by atoms with van der Waals surface area (Å²) in [5.74, 6) is 0. The van der Waals surface area contributed by atoms with E-state index in [9.17, 15) is 0 Å². The largest absolute Gasteiger partial charge is 0.440 e. The topological polar surface area (TPSA) is 38.1 Å². The predicted octanol–water partition coefficient (Wildman–Crippen LogP) is 3.90.